The molecule has 0 amide bonds. The lowest BCUT2D eigenvalue weighted by atomic mass is 9.91. The zero-order chi connectivity index (χ0) is 15.3. The van der Waals surface area contributed by atoms with Gasteiger partial charge >= 0.3 is 6.18 Å². The Morgan fingerprint density at radius 3 is 2.10 bits per heavy atom. The second-order valence-corrected chi connectivity index (χ2v) is 5.06. The van der Waals surface area contributed by atoms with Crippen LogP contribution in [0.25, 0.3) is 0 Å². The van der Waals surface area contributed by atoms with Crippen molar-refractivity contribution in [3.8, 4) is 0 Å². The summed E-state index contributed by atoms with van der Waals surface area (Å²) in [6, 6.07) is 15.4. The number of likely N-dealkylation sites (N-methyl/N-ethyl adjacent to an activating group) is 1. The molecule has 2 rings (SSSR count). The van der Waals surface area contributed by atoms with E-state index in [0.29, 0.717) is 6.42 Å². The molecule has 0 aliphatic rings. The van der Waals surface area contributed by atoms with Crippen molar-refractivity contribution >= 4 is 0 Å². The quantitative estimate of drug-likeness (QED) is 0.869. The minimum atomic E-state index is -4.28. The van der Waals surface area contributed by atoms with Gasteiger partial charge in [-0.3, -0.25) is 0 Å². The predicted molar refractivity (Wildman–Crippen MR) is 78.3 cm³/mol. The van der Waals surface area contributed by atoms with Gasteiger partial charge in [-0.2, -0.15) is 13.2 Å². The van der Waals surface area contributed by atoms with Crippen LogP contribution in [0.1, 0.15) is 22.6 Å². The SMILES string of the molecule is CNCC(Cc1ccc(C(F)(F)F)cc1)c1ccccc1. The summed E-state index contributed by atoms with van der Waals surface area (Å²) in [5.74, 6) is 0.243. The lowest BCUT2D eigenvalue weighted by molar-refractivity contribution is -0.137. The molecule has 1 N–H and O–H groups in total. The molecule has 1 unspecified atom stereocenters. The molecule has 21 heavy (non-hydrogen) atoms. The summed E-state index contributed by atoms with van der Waals surface area (Å²) in [4.78, 5) is 0. The van der Waals surface area contributed by atoms with Gasteiger partial charge in [-0.25, -0.2) is 0 Å². The molecule has 0 aliphatic carbocycles. The van der Waals surface area contributed by atoms with Gasteiger partial charge < -0.3 is 5.32 Å². The smallest absolute Gasteiger partial charge is 0.319 e. The van der Waals surface area contributed by atoms with Crippen molar-refractivity contribution in [2.75, 3.05) is 13.6 Å². The molecule has 0 heterocycles. The topological polar surface area (TPSA) is 12.0 Å². The molecule has 0 fully saturated rings. The van der Waals surface area contributed by atoms with Gasteiger partial charge in [0.25, 0.3) is 0 Å². The highest BCUT2D eigenvalue weighted by molar-refractivity contribution is 5.28. The second kappa shape index (κ2) is 6.76. The van der Waals surface area contributed by atoms with Crippen molar-refractivity contribution in [2.24, 2.45) is 0 Å². The minimum Gasteiger partial charge on any atom is -0.319 e. The van der Waals surface area contributed by atoms with Crippen molar-refractivity contribution in [1.29, 1.82) is 0 Å². The highest BCUT2D eigenvalue weighted by atomic mass is 19.4. The molecule has 0 aliphatic heterocycles. The number of halogens is 3. The van der Waals surface area contributed by atoms with E-state index in [4.69, 9.17) is 0 Å². The van der Waals surface area contributed by atoms with Gasteiger partial charge in [-0.15, -0.1) is 0 Å². The Bertz CT molecular complexity index is 546. The molecule has 4 heteroatoms. The van der Waals surface area contributed by atoms with Crippen LogP contribution >= 0.6 is 0 Å². The normalized spacial score (nSPS) is 13.1. The average Bonchev–Trinajstić information content (AvgIpc) is 2.47. The maximum absolute atomic E-state index is 12.6. The maximum atomic E-state index is 12.6. The molecule has 0 spiro atoms. The van der Waals surface area contributed by atoms with Crippen LogP contribution in [-0.2, 0) is 12.6 Å². The zero-order valence-electron chi connectivity index (χ0n) is 11.8. The number of rotatable bonds is 5. The molecule has 0 radical (unpaired) electrons. The fourth-order valence-corrected chi connectivity index (χ4v) is 2.39. The summed E-state index contributed by atoms with van der Waals surface area (Å²) in [7, 11) is 1.88. The Balaban J connectivity index is 2.14. The lowest BCUT2D eigenvalue weighted by Gasteiger charge is -2.17. The van der Waals surface area contributed by atoms with Gasteiger partial charge in [0.15, 0.2) is 0 Å². The first-order valence-corrected chi connectivity index (χ1v) is 6.86. The van der Waals surface area contributed by atoms with E-state index in [9.17, 15) is 13.2 Å². The first kappa shape index (κ1) is 15.6. The van der Waals surface area contributed by atoms with Crippen molar-refractivity contribution in [1.82, 2.24) is 5.32 Å². The number of hydrogen-bond donors (Lipinski definition) is 1. The Labute approximate surface area is 122 Å². The Morgan fingerprint density at radius 1 is 0.952 bits per heavy atom. The third-order valence-electron chi connectivity index (χ3n) is 3.48. The van der Waals surface area contributed by atoms with Crippen LogP contribution < -0.4 is 5.32 Å². The summed E-state index contributed by atoms with van der Waals surface area (Å²) in [6.07, 6.45) is -3.56. The number of benzene rings is 2. The number of alkyl halides is 3. The summed E-state index contributed by atoms with van der Waals surface area (Å²) < 4.78 is 37.7. The zero-order valence-corrected chi connectivity index (χ0v) is 11.8. The molecular formula is C17H18F3N. The molecule has 0 bridgehead atoms. The van der Waals surface area contributed by atoms with Crippen LogP contribution in [0.15, 0.2) is 54.6 Å². The van der Waals surface area contributed by atoms with E-state index in [1.54, 1.807) is 12.1 Å². The monoisotopic (exact) mass is 293 g/mol. The first-order valence-electron chi connectivity index (χ1n) is 6.86. The molecular weight excluding hydrogens is 275 g/mol. The minimum absolute atomic E-state index is 0.243. The van der Waals surface area contributed by atoms with Gasteiger partial charge in [0.1, 0.15) is 0 Å². The second-order valence-electron chi connectivity index (χ2n) is 5.06. The van der Waals surface area contributed by atoms with Crippen molar-refractivity contribution < 1.29 is 13.2 Å². The molecule has 0 saturated heterocycles. The van der Waals surface area contributed by atoms with Crippen LogP contribution in [0.4, 0.5) is 13.2 Å². The van der Waals surface area contributed by atoms with E-state index in [2.05, 4.69) is 5.32 Å². The Hall–Kier alpha value is -1.81. The highest BCUT2D eigenvalue weighted by Crippen LogP contribution is 2.30. The molecule has 0 saturated carbocycles. The van der Waals surface area contributed by atoms with Crippen LogP contribution in [-0.4, -0.2) is 13.6 Å². The molecule has 2 aromatic rings. The highest BCUT2D eigenvalue weighted by Gasteiger charge is 2.30. The lowest BCUT2D eigenvalue weighted by Crippen LogP contribution is -2.19. The molecule has 0 aromatic heterocycles. The molecule has 112 valence electrons. The van der Waals surface area contributed by atoms with Crippen LogP contribution in [0.2, 0.25) is 0 Å². The molecule has 1 nitrogen and oxygen atoms in total. The largest absolute Gasteiger partial charge is 0.416 e. The standard InChI is InChI=1S/C17H18F3N/c1-21-12-15(14-5-3-2-4-6-14)11-13-7-9-16(10-8-13)17(18,19)20/h2-10,15,21H,11-12H2,1H3. The van der Waals surface area contributed by atoms with Crippen molar-refractivity contribution in [3.05, 3.63) is 71.3 Å². The van der Waals surface area contributed by atoms with Crippen LogP contribution in [0.3, 0.4) is 0 Å². The van der Waals surface area contributed by atoms with Crippen LogP contribution in [0.5, 0.6) is 0 Å². The van der Waals surface area contributed by atoms with Crippen molar-refractivity contribution in [2.45, 2.75) is 18.5 Å². The van der Waals surface area contributed by atoms with Gasteiger partial charge in [-0.1, -0.05) is 42.5 Å². The van der Waals surface area contributed by atoms with Crippen molar-refractivity contribution in [3.63, 3.8) is 0 Å². The van der Waals surface area contributed by atoms with Gasteiger partial charge in [0.2, 0.25) is 0 Å². The Morgan fingerprint density at radius 2 is 1.57 bits per heavy atom. The predicted octanol–water partition coefficient (Wildman–Crippen LogP) is 4.25. The average molecular weight is 293 g/mol. The summed E-state index contributed by atoms with van der Waals surface area (Å²) in [5, 5.41) is 3.14. The van der Waals surface area contributed by atoms with E-state index >= 15 is 0 Å². The van der Waals surface area contributed by atoms with Gasteiger partial charge in [0, 0.05) is 12.5 Å². The van der Waals surface area contributed by atoms with Gasteiger partial charge in [-0.05, 0) is 36.7 Å². The molecule has 1 atom stereocenters. The van der Waals surface area contributed by atoms with Gasteiger partial charge in [0.05, 0.1) is 5.56 Å². The number of nitrogens with one attached hydrogen (secondary N) is 1. The Kier molecular flexibility index (Phi) is 5.02. The summed E-state index contributed by atoms with van der Waals surface area (Å²) in [6.45, 7) is 0.783. The fourth-order valence-electron chi connectivity index (χ4n) is 2.39. The molecule has 2 aromatic carbocycles. The van der Waals surface area contributed by atoms with E-state index < -0.39 is 11.7 Å². The summed E-state index contributed by atoms with van der Waals surface area (Å²) in [5.41, 5.74) is 1.50. The number of hydrogen-bond acceptors (Lipinski definition) is 1. The maximum Gasteiger partial charge on any atom is 0.416 e. The van der Waals surface area contributed by atoms with E-state index in [-0.39, 0.29) is 5.92 Å². The summed E-state index contributed by atoms with van der Waals surface area (Å²) >= 11 is 0. The first-order chi connectivity index (χ1) is 10.0. The van der Waals surface area contributed by atoms with Crippen LogP contribution in [0, 0.1) is 0 Å². The van der Waals surface area contributed by atoms with E-state index in [1.807, 2.05) is 37.4 Å². The van der Waals surface area contributed by atoms with E-state index in [1.165, 1.54) is 5.56 Å². The fraction of sp³-hybridized carbons (Fsp3) is 0.294. The third-order valence-corrected chi connectivity index (χ3v) is 3.48. The van der Waals surface area contributed by atoms with E-state index in [0.717, 1.165) is 24.2 Å². The third kappa shape index (κ3) is 4.33.